The summed E-state index contributed by atoms with van der Waals surface area (Å²) in [5.74, 6) is -1.26. The zero-order valence-electron chi connectivity index (χ0n) is 7.48. The highest BCUT2D eigenvalue weighted by Gasteiger charge is 2.12. The molecule has 0 saturated carbocycles. The molecule has 0 spiro atoms. The molecule has 0 aromatic carbocycles. The number of nitrogens with zero attached hydrogens (tertiary/aromatic N) is 2. The van der Waals surface area contributed by atoms with Crippen molar-refractivity contribution in [3.8, 4) is 0 Å². The third kappa shape index (κ3) is 2.77. The molecule has 1 amide bonds. The van der Waals surface area contributed by atoms with Gasteiger partial charge in [-0.25, -0.2) is 0 Å². The number of hydrogen-bond acceptors (Lipinski definition) is 5. The predicted octanol–water partition coefficient (Wildman–Crippen LogP) is 0.0510. The summed E-state index contributed by atoms with van der Waals surface area (Å²) in [6, 6.07) is 0. The molecule has 6 nitrogen and oxygen atoms in total. The zero-order chi connectivity index (χ0) is 10.6. The van der Waals surface area contributed by atoms with Crippen molar-refractivity contribution in [2.45, 2.75) is 13.3 Å². The molecule has 7 heteroatoms. The first kappa shape index (κ1) is 10.6. The Hall–Kier alpha value is -1.50. The van der Waals surface area contributed by atoms with E-state index >= 15 is 0 Å². The topological polar surface area (TPSA) is 92.2 Å². The van der Waals surface area contributed by atoms with Crippen molar-refractivity contribution in [1.29, 1.82) is 0 Å². The molecule has 0 saturated heterocycles. The first-order chi connectivity index (χ1) is 6.61. The summed E-state index contributed by atoms with van der Waals surface area (Å²) in [6.07, 6.45) is -0.0863. The van der Waals surface area contributed by atoms with E-state index in [1.807, 2.05) is 0 Å². The van der Waals surface area contributed by atoms with Crippen LogP contribution in [0.2, 0.25) is 0 Å². The number of amides is 1. The molecule has 0 bridgehead atoms. The zero-order valence-corrected chi connectivity index (χ0v) is 8.30. The molecule has 1 heterocycles. The van der Waals surface area contributed by atoms with Gasteiger partial charge in [0, 0.05) is 6.54 Å². The van der Waals surface area contributed by atoms with Crippen molar-refractivity contribution in [3.05, 3.63) is 10.6 Å². The Kier molecular flexibility index (Phi) is 3.52. The summed E-state index contributed by atoms with van der Waals surface area (Å²) < 4.78 is 3.60. The molecule has 1 rings (SSSR count). The van der Waals surface area contributed by atoms with Gasteiger partial charge in [-0.15, -0.1) is 5.10 Å². The van der Waals surface area contributed by atoms with Gasteiger partial charge in [-0.1, -0.05) is 4.49 Å². The fraction of sp³-hybridized carbons (Fsp3) is 0.429. The minimum absolute atomic E-state index is 0.0863. The van der Waals surface area contributed by atoms with Crippen molar-refractivity contribution in [2.24, 2.45) is 0 Å². The number of aromatic nitrogens is 2. The number of carbonyl (C=O) groups is 2. The monoisotopic (exact) mass is 215 g/mol. The fourth-order valence-corrected chi connectivity index (χ4v) is 1.38. The second-order valence-electron chi connectivity index (χ2n) is 2.59. The molecule has 1 aromatic heterocycles. The summed E-state index contributed by atoms with van der Waals surface area (Å²) in [5.41, 5.74) is 0.558. The maximum Gasteiger partial charge on any atom is 0.305 e. The second-order valence-corrected chi connectivity index (χ2v) is 3.34. The summed E-state index contributed by atoms with van der Waals surface area (Å²) in [5, 5.41) is 14.5. The third-order valence-electron chi connectivity index (χ3n) is 1.48. The van der Waals surface area contributed by atoms with Crippen LogP contribution in [0.4, 0.5) is 0 Å². The highest BCUT2D eigenvalue weighted by molar-refractivity contribution is 7.07. The molecular weight excluding hydrogens is 206 g/mol. The highest BCUT2D eigenvalue weighted by atomic mass is 32.1. The Morgan fingerprint density at radius 1 is 1.57 bits per heavy atom. The normalized spacial score (nSPS) is 9.79. The first-order valence-electron chi connectivity index (χ1n) is 3.90. The van der Waals surface area contributed by atoms with E-state index in [0.29, 0.717) is 10.6 Å². The average molecular weight is 215 g/mol. The average Bonchev–Trinajstić information content (AvgIpc) is 2.50. The van der Waals surface area contributed by atoms with E-state index in [2.05, 4.69) is 14.9 Å². The second kappa shape index (κ2) is 4.66. The number of carboxylic acid groups (broad SMARTS) is 1. The van der Waals surface area contributed by atoms with Crippen LogP contribution in [0.25, 0.3) is 0 Å². The number of hydrogen-bond donors (Lipinski definition) is 2. The Balaban J connectivity index is 2.44. The number of carbonyl (C=O) groups excluding carboxylic acids is 1. The van der Waals surface area contributed by atoms with Crippen LogP contribution in [0, 0.1) is 6.92 Å². The van der Waals surface area contributed by atoms with Crippen molar-refractivity contribution >= 4 is 23.4 Å². The van der Waals surface area contributed by atoms with Gasteiger partial charge in [-0.3, -0.25) is 9.59 Å². The van der Waals surface area contributed by atoms with Crippen LogP contribution >= 0.6 is 11.5 Å². The van der Waals surface area contributed by atoms with Gasteiger partial charge in [0.25, 0.3) is 5.91 Å². The number of rotatable bonds is 4. The third-order valence-corrected chi connectivity index (χ3v) is 2.31. The smallest absolute Gasteiger partial charge is 0.305 e. The standard InChI is InChI=1S/C7H9N3O3S/c1-4-6(14-10-9-4)7(13)8-3-2-5(11)12/h2-3H2,1H3,(H,8,13)(H,11,12). The Bertz CT molecular complexity index is 350. The van der Waals surface area contributed by atoms with Crippen LogP contribution in [-0.2, 0) is 4.79 Å². The Morgan fingerprint density at radius 2 is 2.29 bits per heavy atom. The molecule has 2 N–H and O–H groups in total. The van der Waals surface area contributed by atoms with Gasteiger partial charge < -0.3 is 10.4 Å². The molecule has 76 valence electrons. The predicted molar refractivity (Wildman–Crippen MR) is 49.2 cm³/mol. The van der Waals surface area contributed by atoms with Crippen LogP contribution in [-0.4, -0.2) is 33.1 Å². The maximum atomic E-state index is 11.3. The van der Waals surface area contributed by atoms with E-state index in [1.165, 1.54) is 0 Å². The van der Waals surface area contributed by atoms with Crippen LogP contribution < -0.4 is 5.32 Å². The Morgan fingerprint density at radius 3 is 2.79 bits per heavy atom. The van der Waals surface area contributed by atoms with Crippen LogP contribution in [0.5, 0.6) is 0 Å². The van der Waals surface area contributed by atoms with E-state index in [9.17, 15) is 9.59 Å². The number of aryl methyl sites for hydroxylation is 1. The minimum Gasteiger partial charge on any atom is -0.481 e. The van der Waals surface area contributed by atoms with Gasteiger partial charge in [-0.05, 0) is 18.5 Å². The minimum atomic E-state index is -0.940. The summed E-state index contributed by atoms with van der Waals surface area (Å²) in [7, 11) is 0. The summed E-state index contributed by atoms with van der Waals surface area (Å²) in [4.78, 5) is 21.9. The number of aliphatic carboxylic acids is 1. The van der Waals surface area contributed by atoms with Gasteiger partial charge in [0.1, 0.15) is 4.88 Å². The molecule has 0 aliphatic carbocycles. The lowest BCUT2D eigenvalue weighted by Crippen LogP contribution is -2.25. The van der Waals surface area contributed by atoms with E-state index < -0.39 is 5.97 Å². The van der Waals surface area contributed by atoms with Gasteiger partial charge in [-0.2, -0.15) is 0 Å². The van der Waals surface area contributed by atoms with Crippen LogP contribution in [0.1, 0.15) is 21.8 Å². The van der Waals surface area contributed by atoms with Crippen LogP contribution in [0.15, 0.2) is 0 Å². The molecular formula is C7H9N3O3S. The molecule has 0 fully saturated rings. The van der Waals surface area contributed by atoms with E-state index in [-0.39, 0.29) is 18.9 Å². The first-order valence-corrected chi connectivity index (χ1v) is 4.67. The maximum absolute atomic E-state index is 11.3. The lowest BCUT2D eigenvalue weighted by Gasteiger charge is -2.00. The summed E-state index contributed by atoms with van der Waals surface area (Å²) in [6.45, 7) is 1.79. The van der Waals surface area contributed by atoms with Crippen LogP contribution in [0.3, 0.4) is 0 Å². The molecule has 0 aliphatic rings. The quantitative estimate of drug-likeness (QED) is 0.740. The number of nitrogens with one attached hydrogen (secondary N) is 1. The lowest BCUT2D eigenvalue weighted by molar-refractivity contribution is -0.136. The molecule has 0 radical (unpaired) electrons. The van der Waals surface area contributed by atoms with Crippen molar-refractivity contribution in [2.75, 3.05) is 6.54 Å². The largest absolute Gasteiger partial charge is 0.481 e. The Labute approximate surface area is 84.1 Å². The van der Waals surface area contributed by atoms with Crippen molar-refractivity contribution in [3.63, 3.8) is 0 Å². The van der Waals surface area contributed by atoms with E-state index in [0.717, 1.165) is 11.5 Å². The lowest BCUT2D eigenvalue weighted by atomic mass is 10.3. The van der Waals surface area contributed by atoms with Crippen molar-refractivity contribution < 1.29 is 14.7 Å². The summed E-state index contributed by atoms with van der Waals surface area (Å²) >= 11 is 0.996. The van der Waals surface area contributed by atoms with E-state index in [1.54, 1.807) is 6.92 Å². The molecule has 14 heavy (non-hydrogen) atoms. The highest BCUT2D eigenvalue weighted by Crippen LogP contribution is 2.07. The van der Waals surface area contributed by atoms with Crippen molar-refractivity contribution in [1.82, 2.24) is 14.9 Å². The van der Waals surface area contributed by atoms with Gasteiger partial charge in [0.2, 0.25) is 0 Å². The van der Waals surface area contributed by atoms with Gasteiger partial charge >= 0.3 is 5.97 Å². The fourth-order valence-electron chi connectivity index (χ4n) is 0.803. The molecule has 1 aromatic rings. The molecule has 0 aliphatic heterocycles. The van der Waals surface area contributed by atoms with Gasteiger partial charge in [0.05, 0.1) is 12.1 Å². The van der Waals surface area contributed by atoms with Gasteiger partial charge in [0.15, 0.2) is 0 Å². The SMILES string of the molecule is Cc1nnsc1C(=O)NCCC(=O)O. The molecule has 0 unspecified atom stereocenters. The van der Waals surface area contributed by atoms with E-state index in [4.69, 9.17) is 5.11 Å². The molecule has 0 atom stereocenters. The number of carboxylic acids is 1.